The van der Waals surface area contributed by atoms with Crippen molar-refractivity contribution in [3.8, 4) is 6.07 Å². The molecule has 0 saturated carbocycles. The molecule has 3 heterocycles. The summed E-state index contributed by atoms with van der Waals surface area (Å²) in [5.41, 5.74) is 9.09. The molecular weight excluding hydrogens is 272 g/mol. The van der Waals surface area contributed by atoms with Gasteiger partial charge in [-0.25, -0.2) is 14.6 Å². The summed E-state index contributed by atoms with van der Waals surface area (Å²) in [5.74, 6) is -1.28. The van der Waals surface area contributed by atoms with Crippen LogP contribution in [0.25, 0.3) is 11.2 Å². The lowest BCUT2D eigenvalue weighted by Gasteiger charge is -2.11. The number of pyridine rings is 1. The smallest absolute Gasteiger partial charge is 0.267 e. The van der Waals surface area contributed by atoms with Crippen LogP contribution in [0.2, 0.25) is 0 Å². The van der Waals surface area contributed by atoms with Crippen molar-refractivity contribution >= 4 is 28.5 Å². The van der Waals surface area contributed by atoms with E-state index in [0.29, 0.717) is 40.2 Å². The maximum atomic E-state index is 11.6. The standard InChI is InChI=1S/C13H10N6O2/c1-6-9(10(15)11-12(16-6)19-21-18-11)4-8-3-2-7(5-14)13(20)17-8/h2-3,7H,4,15H2,1H3. The Kier molecular flexibility index (Phi) is 2.95. The van der Waals surface area contributed by atoms with Gasteiger partial charge in [-0.05, 0) is 23.3 Å². The van der Waals surface area contributed by atoms with Gasteiger partial charge in [0.25, 0.3) is 5.91 Å². The van der Waals surface area contributed by atoms with Crippen molar-refractivity contribution in [2.45, 2.75) is 13.3 Å². The maximum absolute atomic E-state index is 11.6. The van der Waals surface area contributed by atoms with E-state index < -0.39 is 11.8 Å². The lowest BCUT2D eigenvalue weighted by atomic mass is 10.00. The summed E-state index contributed by atoms with van der Waals surface area (Å²) >= 11 is 0. The number of hydrogen-bond donors (Lipinski definition) is 1. The van der Waals surface area contributed by atoms with Crippen LogP contribution in [0, 0.1) is 24.2 Å². The Balaban J connectivity index is 1.98. The molecule has 0 fully saturated rings. The number of carbonyl (C=O) groups is 1. The van der Waals surface area contributed by atoms with Crippen molar-refractivity contribution in [3.63, 3.8) is 0 Å². The Labute approximate surface area is 118 Å². The van der Waals surface area contributed by atoms with Gasteiger partial charge in [0.1, 0.15) is 5.92 Å². The topological polar surface area (TPSA) is 131 Å². The van der Waals surface area contributed by atoms with E-state index in [0.717, 1.165) is 0 Å². The Bertz CT molecular complexity index is 842. The number of aryl methyl sites for hydroxylation is 1. The number of amides is 1. The molecule has 1 unspecified atom stereocenters. The largest absolute Gasteiger partial charge is 0.396 e. The van der Waals surface area contributed by atoms with Crippen LogP contribution in [0.3, 0.4) is 0 Å². The molecule has 0 aliphatic carbocycles. The van der Waals surface area contributed by atoms with Crippen LogP contribution in [0.1, 0.15) is 11.3 Å². The normalized spacial score (nSPS) is 17.8. The van der Waals surface area contributed by atoms with E-state index in [1.807, 2.05) is 6.07 Å². The van der Waals surface area contributed by atoms with Crippen molar-refractivity contribution in [3.05, 3.63) is 23.4 Å². The van der Waals surface area contributed by atoms with Crippen LogP contribution in [-0.4, -0.2) is 26.9 Å². The molecule has 1 amide bonds. The summed E-state index contributed by atoms with van der Waals surface area (Å²) in [4.78, 5) is 19.8. The first-order chi connectivity index (χ1) is 10.1. The average Bonchev–Trinajstić information content (AvgIpc) is 2.92. The van der Waals surface area contributed by atoms with E-state index >= 15 is 0 Å². The SMILES string of the molecule is Cc1nc2nonc2c(N)c1CC1=NC(=O)C(C#N)C=C1. The highest BCUT2D eigenvalue weighted by Gasteiger charge is 2.21. The number of aromatic nitrogens is 3. The number of nitrogens with two attached hydrogens (primary N) is 1. The predicted octanol–water partition coefficient (Wildman–Crippen LogP) is 0.728. The van der Waals surface area contributed by atoms with Crippen molar-refractivity contribution in [1.29, 1.82) is 5.26 Å². The zero-order valence-corrected chi connectivity index (χ0v) is 11.1. The van der Waals surface area contributed by atoms with Crippen LogP contribution >= 0.6 is 0 Å². The second-order valence-electron chi connectivity index (χ2n) is 4.61. The van der Waals surface area contributed by atoms with E-state index in [2.05, 4.69) is 24.9 Å². The lowest BCUT2D eigenvalue weighted by Crippen LogP contribution is -2.17. The molecule has 3 rings (SSSR count). The molecule has 0 saturated heterocycles. The highest BCUT2D eigenvalue weighted by molar-refractivity contribution is 6.08. The number of nitriles is 1. The number of allylic oxidation sites excluding steroid dienone is 1. The molecule has 0 spiro atoms. The molecule has 0 bridgehead atoms. The minimum atomic E-state index is -0.812. The summed E-state index contributed by atoms with van der Waals surface area (Å²) in [6.45, 7) is 1.78. The second kappa shape index (κ2) is 4.79. The van der Waals surface area contributed by atoms with E-state index in [1.165, 1.54) is 6.08 Å². The molecule has 0 aromatic carbocycles. The van der Waals surface area contributed by atoms with Gasteiger partial charge in [-0.3, -0.25) is 4.79 Å². The summed E-state index contributed by atoms with van der Waals surface area (Å²) in [5, 5.41) is 16.1. The molecule has 104 valence electrons. The van der Waals surface area contributed by atoms with Gasteiger partial charge in [-0.1, -0.05) is 6.08 Å². The van der Waals surface area contributed by atoms with Crippen molar-refractivity contribution in [2.75, 3.05) is 5.73 Å². The number of carbonyl (C=O) groups excluding carboxylic acids is 1. The highest BCUT2D eigenvalue weighted by atomic mass is 16.6. The van der Waals surface area contributed by atoms with Crippen molar-refractivity contribution in [2.24, 2.45) is 10.9 Å². The van der Waals surface area contributed by atoms with E-state index in [-0.39, 0.29) is 0 Å². The Hall–Kier alpha value is -3.08. The number of dihydropyridines is 1. The fraction of sp³-hybridized carbons (Fsp3) is 0.231. The third-order valence-corrected chi connectivity index (χ3v) is 3.26. The van der Waals surface area contributed by atoms with Gasteiger partial charge in [0.15, 0.2) is 5.52 Å². The van der Waals surface area contributed by atoms with E-state index in [4.69, 9.17) is 11.0 Å². The van der Waals surface area contributed by atoms with Gasteiger partial charge in [0, 0.05) is 23.4 Å². The number of rotatable bonds is 2. The van der Waals surface area contributed by atoms with Crippen LogP contribution in [-0.2, 0) is 11.2 Å². The molecule has 2 aromatic rings. The highest BCUT2D eigenvalue weighted by Crippen LogP contribution is 2.24. The van der Waals surface area contributed by atoms with Crippen molar-refractivity contribution in [1.82, 2.24) is 15.3 Å². The number of hydrogen-bond acceptors (Lipinski definition) is 7. The second-order valence-corrected chi connectivity index (χ2v) is 4.61. The first kappa shape index (κ1) is 12.9. The van der Waals surface area contributed by atoms with Gasteiger partial charge >= 0.3 is 0 Å². The third-order valence-electron chi connectivity index (χ3n) is 3.26. The molecule has 1 aliphatic rings. The van der Waals surface area contributed by atoms with Crippen molar-refractivity contribution < 1.29 is 9.42 Å². The van der Waals surface area contributed by atoms with Gasteiger partial charge < -0.3 is 5.73 Å². The van der Waals surface area contributed by atoms with Gasteiger partial charge in [0.2, 0.25) is 5.65 Å². The fourth-order valence-corrected chi connectivity index (χ4v) is 2.13. The van der Waals surface area contributed by atoms with Gasteiger partial charge in [0.05, 0.1) is 11.8 Å². The molecule has 8 heteroatoms. The number of aliphatic imine (C=N–C) groups is 1. The first-order valence-electron chi connectivity index (χ1n) is 6.16. The summed E-state index contributed by atoms with van der Waals surface area (Å²) in [6.07, 6.45) is 3.51. The van der Waals surface area contributed by atoms with Gasteiger partial charge in [-0.2, -0.15) is 5.26 Å². The maximum Gasteiger partial charge on any atom is 0.267 e. The van der Waals surface area contributed by atoms with Crippen LogP contribution in [0.4, 0.5) is 5.69 Å². The molecule has 21 heavy (non-hydrogen) atoms. The number of nitrogen functional groups attached to an aromatic ring is 1. The number of anilines is 1. The molecule has 1 aliphatic heterocycles. The van der Waals surface area contributed by atoms with E-state index in [9.17, 15) is 4.79 Å². The zero-order valence-electron chi connectivity index (χ0n) is 11.1. The summed E-state index contributed by atoms with van der Waals surface area (Å²) < 4.78 is 4.61. The average molecular weight is 282 g/mol. The van der Waals surface area contributed by atoms with Crippen LogP contribution in [0.15, 0.2) is 21.8 Å². The van der Waals surface area contributed by atoms with E-state index in [1.54, 1.807) is 13.0 Å². The minimum Gasteiger partial charge on any atom is -0.396 e. The summed E-state index contributed by atoms with van der Waals surface area (Å²) in [7, 11) is 0. The van der Waals surface area contributed by atoms with Crippen LogP contribution < -0.4 is 5.73 Å². The minimum absolute atomic E-state index is 0.327. The monoisotopic (exact) mass is 282 g/mol. The quantitative estimate of drug-likeness (QED) is 0.858. The number of fused-ring (bicyclic) bond motifs is 1. The Morgan fingerprint density at radius 2 is 2.29 bits per heavy atom. The predicted molar refractivity (Wildman–Crippen MR) is 73.1 cm³/mol. The van der Waals surface area contributed by atoms with Gasteiger partial charge in [-0.15, -0.1) is 0 Å². The fourth-order valence-electron chi connectivity index (χ4n) is 2.13. The molecule has 0 radical (unpaired) electrons. The lowest BCUT2D eigenvalue weighted by molar-refractivity contribution is -0.118. The molecular formula is C13H10N6O2. The zero-order chi connectivity index (χ0) is 15.0. The summed E-state index contributed by atoms with van der Waals surface area (Å²) in [6, 6.07) is 1.87. The molecule has 2 N–H and O–H groups in total. The Morgan fingerprint density at radius 3 is 3.00 bits per heavy atom. The number of nitrogens with zero attached hydrogens (tertiary/aromatic N) is 5. The molecule has 8 nitrogen and oxygen atoms in total. The Morgan fingerprint density at radius 1 is 1.48 bits per heavy atom. The third kappa shape index (κ3) is 2.14. The van der Waals surface area contributed by atoms with Crippen LogP contribution in [0.5, 0.6) is 0 Å². The molecule has 2 aromatic heterocycles. The first-order valence-corrected chi connectivity index (χ1v) is 6.16. The molecule has 1 atom stereocenters.